The van der Waals surface area contributed by atoms with Crippen LogP contribution < -0.4 is 0 Å². The second-order valence-corrected chi connectivity index (χ2v) is 7.11. The molecule has 0 aliphatic carbocycles. The number of thioether (sulfide) groups is 1. The van der Waals surface area contributed by atoms with E-state index in [1.807, 2.05) is 47.8 Å². The Bertz CT molecular complexity index is 769. The van der Waals surface area contributed by atoms with Crippen molar-refractivity contribution in [1.29, 1.82) is 0 Å². The minimum Gasteiger partial charge on any atom is -0.348 e. The van der Waals surface area contributed by atoms with Gasteiger partial charge in [0.2, 0.25) is 11.1 Å². The van der Waals surface area contributed by atoms with Crippen LogP contribution in [0.4, 0.5) is 0 Å². The van der Waals surface area contributed by atoms with Gasteiger partial charge in [-0.3, -0.25) is 9.89 Å². The quantitative estimate of drug-likeness (QED) is 0.720. The molecule has 118 valence electrons. The Hall–Kier alpha value is -2.12. The summed E-state index contributed by atoms with van der Waals surface area (Å²) in [6, 6.07) is 13.7. The number of nitrogens with zero attached hydrogens (tertiary/aromatic N) is 3. The molecule has 3 aromatic rings. The van der Waals surface area contributed by atoms with Gasteiger partial charge in [0.25, 0.3) is 0 Å². The maximum absolute atomic E-state index is 12.5. The Labute approximate surface area is 142 Å². The van der Waals surface area contributed by atoms with Gasteiger partial charge in [-0.15, -0.1) is 16.4 Å². The predicted octanol–water partition coefficient (Wildman–Crippen LogP) is 3.45. The molecule has 7 heteroatoms. The molecule has 23 heavy (non-hydrogen) atoms. The zero-order valence-electron chi connectivity index (χ0n) is 12.8. The molecule has 2 heterocycles. The van der Waals surface area contributed by atoms with Crippen LogP contribution in [0.15, 0.2) is 53.0 Å². The number of carbonyl (C=O) groups excluding carboxylic acids is 1. The van der Waals surface area contributed by atoms with E-state index in [1.54, 1.807) is 30.3 Å². The molecule has 1 N–H and O–H groups in total. The molecule has 2 aromatic heterocycles. The molecular weight excluding hydrogens is 328 g/mol. The van der Waals surface area contributed by atoms with Gasteiger partial charge in [-0.25, -0.2) is 4.98 Å². The van der Waals surface area contributed by atoms with E-state index in [-0.39, 0.29) is 11.2 Å². The van der Waals surface area contributed by atoms with Crippen LogP contribution in [0.5, 0.6) is 0 Å². The molecule has 0 radical (unpaired) electrons. The molecule has 0 saturated heterocycles. The molecule has 1 amide bonds. The number of amides is 1. The van der Waals surface area contributed by atoms with Gasteiger partial charge in [0.15, 0.2) is 5.82 Å². The molecule has 0 aliphatic rings. The predicted molar refractivity (Wildman–Crippen MR) is 93.4 cm³/mol. The van der Waals surface area contributed by atoms with Crippen molar-refractivity contribution in [2.24, 2.45) is 0 Å². The highest BCUT2D eigenvalue weighted by atomic mass is 32.2. The number of thiophene rings is 1. The van der Waals surface area contributed by atoms with Crippen LogP contribution in [-0.4, -0.2) is 40.1 Å². The van der Waals surface area contributed by atoms with E-state index in [1.165, 1.54) is 11.8 Å². The third-order valence-electron chi connectivity index (χ3n) is 3.21. The highest BCUT2D eigenvalue weighted by molar-refractivity contribution is 8.00. The number of hydrogen-bond acceptors (Lipinski definition) is 5. The van der Waals surface area contributed by atoms with E-state index in [2.05, 4.69) is 15.2 Å². The molecule has 0 bridgehead atoms. The van der Waals surface area contributed by atoms with Crippen LogP contribution in [0.25, 0.3) is 10.7 Å². The highest BCUT2D eigenvalue weighted by Gasteiger charge is 2.25. The fraction of sp³-hybridized carbons (Fsp3) is 0.188. The molecule has 0 spiro atoms. The number of rotatable bonds is 5. The van der Waals surface area contributed by atoms with Crippen LogP contribution in [0.2, 0.25) is 0 Å². The lowest BCUT2D eigenvalue weighted by atomic mass is 10.1. The normalized spacial score (nSPS) is 12.1. The zero-order valence-corrected chi connectivity index (χ0v) is 14.4. The minimum atomic E-state index is -0.363. The first-order valence-electron chi connectivity index (χ1n) is 7.04. The van der Waals surface area contributed by atoms with Gasteiger partial charge in [0, 0.05) is 14.1 Å². The molecule has 1 atom stereocenters. The summed E-state index contributed by atoms with van der Waals surface area (Å²) in [5.74, 6) is 0.746. The first-order valence-corrected chi connectivity index (χ1v) is 8.80. The van der Waals surface area contributed by atoms with Gasteiger partial charge in [-0.05, 0) is 17.0 Å². The van der Waals surface area contributed by atoms with Crippen molar-refractivity contribution in [2.75, 3.05) is 14.1 Å². The van der Waals surface area contributed by atoms with E-state index in [9.17, 15) is 4.79 Å². The van der Waals surface area contributed by atoms with Gasteiger partial charge >= 0.3 is 0 Å². The van der Waals surface area contributed by atoms with E-state index >= 15 is 0 Å². The SMILES string of the molecule is CN(C)C(=O)[C@@H](Sc1n[nH]c(-c2cccs2)n1)c1ccccc1. The number of aromatic amines is 1. The third kappa shape index (κ3) is 3.62. The lowest BCUT2D eigenvalue weighted by Gasteiger charge is -2.19. The fourth-order valence-corrected chi connectivity index (χ4v) is 3.77. The van der Waals surface area contributed by atoms with Crippen molar-refractivity contribution >= 4 is 29.0 Å². The lowest BCUT2D eigenvalue weighted by Crippen LogP contribution is -2.26. The first kappa shape index (κ1) is 15.8. The standard InChI is InChI=1S/C16H16N4OS2/c1-20(2)15(21)13(11-7-4-3-5-8-11)23-16-17-14(18-19-16)12-9-6-10-22-12/h3-10,13H,1-2H3,(H,17,18,19)/t13-/m0/s1. The smallest absolute Gasteiger partial charge is 0.240 e. The average molecular weight is 344 g/mol. The van der Waals surface area contributed by atoms with Crippen molar-refractivity contribution in [3.8, 4) is 10.7 Å². The number of likely N-dealkylation sites (N-methyl/N-ethyl adjacent to an activating group) is 1. The number of hydrogen-bond donors (Lipinski definition) is 1. The van der Waals surface area contributed by atoms with Crippen molar-refractivity contribution in [1.82, 2.24) is 20.1 Å². The number of benzene rings is 1. The molecule has 0 unspecified atom stereocenters. The summed E-state index contributed by atoms with van der Waals surface area (Å²) in [6.45, 7) is 0. The number of H-pyrrole nitrogens is 1. The Kier molecular flexibility index (Phi) is 4.78. The Morgan fingerprint density at radius 2 is 2.00 bits per heavy atom. The van der Waals surface area contributed by atoms with Crippen LogP contribution in [-0.2, 0) is 4.79 Å². The molecular formula is C16H16N4OS2. The topological polar surface area (TPSA) is 61.9 Å². The zero-order chi connectivity index (χ0) is 16.2. The van der Waals surface area contributed by atoms with Crippen molar-refractivity contribution in [3.05, 3.63) is 53.4 Å². The van der Waals surface area contributed by atoms with E-state index < -0.39 is 0 Å². The van der Waals surface area contributed by atoms with Gasteiger partial charge in [0.05, 0.1) is 4.88 Å². The number of nitrogens with one attached hydrogen (secondary N) is 1. The number of aromatic nitrogens is 3. The molecule has 1 aromatic carbocycles. The maximum atomic E-state index is 12.5. The molecule has 0 aliphatic heterocycles. The van der Waals surface area contributed by atoms with Gasteiger partial charge < -0.3 is 4.90 Å². The van der Waals surface area contributed by atoms with E-state index in [4.69, 9.17) is 0 Å². The summed E-state index contributed by atoms with van der Waals surface area (Å²) in [4.78, 5) is 19.6. The van der Waals surface area contributed by atoms with Crippen LogP contribution in [0.1, 0.15) is 10.8 Å². The molecule has 5 nitrogen and oxygen atoms in total. The summed E-state index contributed by atoms with van der Waals surface area (Å²) in [6.07, 6.45) is 0. The summed E-state index contributed by atoms with van der Waals surface area (Å²) in [5.41, 5.74) is 0.943. The van der Waals surface area contributed by atoms with Gasteiger partial charge in [-0.1, -0.05) is 48.2 Å². The van der Waals surface area contributed by atoms with Crippen LogP contribution in [0, 0.1) is 0 Å². The Morgan fingerprint density at radius 3 is 2.65 bits per heavy atom. The maximum Gasteiger partial charge on any atom is 0.240 e. The summed E-state index contributed by atoms with van der Waals surface area (Å²) in [7, 11) is 3.52. The highest BCUT2D eigenvalue weighted by Crippen LogP contribution is 2.35. The third-order valence-corrected chi connectivity index (χ3v) is 5.19. The number of carbonyl (C=O) groups is 1. The summed E-state index contributed by atoms with van der Waals surface area (Å²) in [5, 5.41) is 9.38. The Morgan fingerprint density at radius 1 is 1.22 bits per heavy atom. The molecule has 0 saturated carbocycles. The largest absolute Gasteiger partial charge is 0.348 e. The van der Waals surface area contributed by atoms with Gasteiger partial charge in [0.1, 0.15) is 5.25 Å². The average Bonchev–Trinajstić information content (AvgIpc) is 3.24. The van der Waals surface area contributed by atoms with Crippen LogP contribution in [0.3, 0.4) is 0 Å². The van der Waals surface area contributed by atoms with Crippen LogP contribution >= 0.6 is 23.1 Å². The Balaban J connectivity index is 1.86. The fourth-order valence-electron chi connectivity index (χ4n) is 2.05. The van der Waals surface area contributed by atoms with Crippen molar-refractivity contribution < 1.29 is 4.79 Å². The van der Waals surface area contributed by atoms with Gasteiger partial charge in [-0.2, -0.15) is 0 Å². The summed E-state index contributed by atoms with van der Waals surface area (Å²) >= 11 is 2.95. The first-order chi connectivity index (χ1) is 11.1. The second-order valence-electron chi connectivity index (χ2n) is 5.09. The van der Waals surface area contributed by atoms with E-state index in [0.717, 1.165) is 16.3 Å². The van der Waals surface area contributed by atoms with Crippen molar-refractivity contribution in [3.63, 3.8) is 0 Å². The minimum absolute atomic E-state index is 0.0173. The van der Waals surface area contributed by atoms with Crippen molar-refractivity contribution in [2.45, 2.75) is 10.4 Å². The van der Waals surface area contributed by atoms with E-state index in [0.29, 0.717) is 5.16 Å². The molecule has 0 fully saturated rings. The monoisotopic (exact) mass is 344 g/mol. The molecule has 3 rings (SSSR count). The lowest BCUT2D eigenvalue weighted by molar-refractivity contribution is -0.128. The second kappa shape index (κ2) is 6.97. The summed E-state index contributed by atoms with van der Waals surface area (Å²) < 4.78 is 0.